The number of hydrogen-bond acceptors (Lipinski definition) is 5. The van der Waals surface area contributed by atoms with Gasteiger partial charge in [0.25, 0.3) is 0 Å². The fourth-order valence-corrected chi connectivity index (χ4v) is 4.19. The van der Waals surface area contributed by atoms with Crippen molar-refractivity contribution in [3.8, 4) is 0 Å². The Labute approximate surface area is 175 Å². The highest BCUT2D eigenvalue weighted by molar-refractivity contribution is 7.92. The number of halogens is 1. The van der Waals surface area contributed by atoms with Gasteiger partial charge < -0.3 is 0 Å². The monoisotopic (exact) mass is 434 g/mol. The molecule has 2 aromatic rings. The number of piperidine rings is 1. The predicted molar refractivity (Wildman–Crippen MR) is 114 cm³/mol. The number of Topliss-reactive ketones (excluding diaryl/α,β-unsaturated/α-hetero) is 2. The SMILES string of the molecule is CS(=O)(=O)Nc1ccc(C(=O)CN2CCCC(C(=O)c3ccc(Cl)cc3)C2)cc1. The smallest absolute Gasteiger partial charge is 0.229 e. The summed E-state index contributed by atoms with van der Waals surface area (Å²) in [5.74, 6) is -0.121. The Morgan fingerprint density at radius 2 is 1.69 bits per heavy atom. The first kappa shape index (κ1) is 21.5. The van der Waals surface area contributed by atoms with Gasteiger partial charge in [-0.1, -0.05) is 11.6 Å². The van der Waals surface area contributed by atoms with E-state index in [9.17, 15) is 18.0 Å². The van der Waals surface area contributed by atoms with Gasteiger partial charge in [0.15, 0.2) is 11.6 Å². The van der Waals surface area contributed by atoms with Crippen LogP contribution in [0.1, 0.15) is 33.6 Å². The molecule has 1 atom stereocenters. The highest BCUT2D eigenvalue weighted by Gasteiger charge is 2.27. The molecular formula is C21H23ClN2O4S. The molecule has 0 aromatic heterocycles. The number of anilines is 1. The molecule has 1 aliphatic heterocycles. The quantitative estimate of drug-likeness (QED) is 0.674. The van der Waals surface area contributed by atoms with Crippen LogP contribution in [0, 0.1) is 5.92 Å². The molecule has 1 N–H and O–H groups in total. The zero-order chi connectivity index (χ0) is 21.0. The van der Waals surface area contributed by atoms with Crippen molar-refractivity contribution in [3.63, 3.8) is 0 Å². The third-order valence-electron chi connectivity index (χ3n) is 4.88. The summed E-state index contributed by atoms with van der Waals surface area (Å²) in [7, 11) is -3.36. The number of benzene rings is 2. The molecule has 0 bridgehead atoms. The van der Waals surface area contributed by atoms with E-state index < -0.39 is 10.0 Å². The molecule has 8 heteroatoms. The van der Waals surface area contributed by atoms with E-state index in [0.717, 1.165) is 25.6 Å². The summed E-state index contributed by atoms with van der Waals surface area (Å²) in [6.07, 6.45) is 2.73. The molecule has 2 aromatic carbocycles. The summed E-state index contributed by atoms with van der Waals surface area (Å²) >= 11 is 5.89. The van der Waals surface area contributed by atoms with Gasteiger partial charge in [0.2, 0.25) is 10.0 Å². The second kappa shape index (κ2) is 9.07. The average molecular weight is 435 g/mol. The molecule has 0 radical (unpaired) electrons. The fourth-order valence-electron chi connectivity index (χ4n) is 3.50. The van der Waals surface area contributed by atoms with Crippen molar-refractivity contribution in [2.75, 3.05) is 30.6 Å². The first-order valence-electron chi connectivity index (χ1n) is 9.34. The van der Waals surface area contributed by atoms with E-state index in [2.05, 4.69) is 4.72 Å². The molecule has 1 aliphatic rings. The van der Waals surface area contributed by atoms with Gasteiger partial charge in [-0.15, -0.1) is 0 Å². The Bertz CT molecular complexity index is 988. The lowest BCUT2D eigenvalue weighted by atomic mass is 9.90. The lowest BCUT2D eigenvalue weighted by Gasteiger charge is -2.31. The zero-order valence-electron chi connectivity index (χ0n) is 16.1. The summed E-state index contributed by atoms with van der Waals surface area (Å²) in [5, 5.41) is 0.593. The maximum atomic E-state index is 12.8. The second-order valence-electron chi connectivity index (χ2n) is 7.32. The van der Waals surface area contributed by atoms with Crippen molar-refractivity contribution in [1.29, 1.82) is 0 Å². The standard InChI is InChI=1S/C21H23ClN2O4S/c1-29(27,28)23-19-10-6-15(7-11-19)20(25)14-24-12-2-3-17(13-24)21(26)16-4-8-18(22)9-5-16/h4-11,17,23H,2-3,12-14H2,1H3. The first-order valence-corrected chi connectivity index (χ1v) is 11.6. The van der Waals surface area contributed by atoms with Gasteiger partial charge in [-0.2, -0.15) is 0 Å². The lowest BCUT2D eigenvalue weighted by Crippen LogP contribution is -2.41. The second-order valence-corrected chi connectivity index (χ2v) is 9.51. The van der Waals surface area contributed by atoms with Gasteiger partial charge in [0.1, 0.15) is 0 Å². The molecule has 0 spiro atoms. The van der Waals surface area contributed by atoms with E-state index in [4.69, 9.17) is 11.6 Å². The Morgan fingerprint density at radius 3 is 2.31 bits per heavy atom. The van der Waals surface area contributed by atoms with Crippen LogP contribution in [0.5, 0.6) is 0 Å². The molecule has 3 rings (SSSR count). The van der Waals surface area contributed by atoms with E-state index in [1.54, 1.807) is 48.5 Å². The van der Waals surface area contributed by atoms with Crippen LogP contribution >= 0.6 is 11.6 Å². The molecule has 0 aliphatic carbocycles. The Balaban J connectivity index is 1.60. The van der Waals surface area contributed by atoms with Crippen molar-refractivity contribution in [1.82, 2.24) is 4.90 Å². The summed E-state index contributed by atoms with van der Waals surface area (Å²) in [4.78, 5) is 27.4. The largest absolute Gasteiger partial charge is 0.295 e. The molecule has 6 nitrogen and oxygen atoms in total. The number of rotatable bonds is 7. The minimum absolute atomic E-state index is 0.0597. The minimum Gasteiger partial charge on any atom is -0.295 e. The third kappa shape index (κ3) is 6.13. The maximum Gasteiger partial charge on any atom is 0.229 e. The summed E-state index contributed by atoms with van der Waals surface area (Å²) < 4.78 is 24.9. The van der Waals surface area contributed by atoms with E-state index in [-0.39, 0.29) is 24.0 Å². The molecule has 154 valence electrons. The van der Waals surface area contributed by atoms with Crippen LogP contribution in [0.3, 0.4) is 0 Å². The van der Waals surface area contributed by atoms with Crippen LogP contribution in [0.4, 0.5) is 5.69 Å². The number of nitrogens with zero attached hydrogens (tertiary/aromatic N) is 1. The molecule has 1 heterocycles. The number of likely N-dealkylation sites (tertiary alicyclic amines) is 1. The van der Waals surface area contributed by atoms with Crippen LogP contribution in [0.25, 0.3) is 0 Å². The molecule has 1 saturated heterocycles. The fraction of sp³-hybridized carbons (Fsp3) is 0.333. The number of nitrogens with one attached hydrogen (secondary N) is 1. The topological polar surface area (TPSA) is 83.6 Å². The Hall–Kier alpha value is -2.22. The minimum atomic E-state index is -3.36. The molecule has 1 fully saturated rings. The molecule has 1 unspecified atom stereocenters. The summed E-state index contributed by atoms with van der Waals surface area (Å²) in [5.41, 5.74) is 1.56. The Kier molecular flexibility index (Phi) is 6.72. The molecule has 0 amide bonds. The number of hydrogen-bond donors (Lipinski definition) is 1. The van der Waals surface area contributed by atoms with Gasteiger partial charge in [-0.25, -0.2) is 8.42 Å². The van der Waals surface area contributed by atoms with Crippen molar-refractivity contribution in [2.45, 2.75) is 12.8 Å². The van der Waals surface area contributed by atoms with Crippen LogP contribution in [-0.2, 0) is 10.0 Å². The molecule has 29 heavy (non-hydrogen) atoms. The highest BCUT2D eigenvalue weighted by Crippen LogP contribution is 2.22. The molecular weight excluding hydrogens is 412 g/mol. The van der Waals surface area contributed by atoms with E-state index in [1.165, 1.54) is 0 Å². The number of sulfonamides is 1. The van der Waals surface area contributed by atoms with Gasteiger partial charge in [-0.05, 0) is 67.9 Å². The van der Waals surface area contributed by atoms with Crippen LogP contribution in [-0.4, -0.2) is 50.8 Å². The summed E-state index contributed by atoms with van der Waals surface area (Å²) in [6, 6.07) is 13.2. The average Bonchev–Trinajstić information content (AvgIpc) is 2.67. The van der Waals surface area contributed by atoms with Gasteiger partial charge in [0.05, 0.1) is 12.8 Å². The van der Waals surface area contributed by atoms with Crippen LogP contribution < -0.4 is 4.72 Å². The third-order valence-corrected chi connectivity index (χ3v) is 5.74. The number of carbonyl (C=O) groups excluding carboxylic acids is 2. The summed E-state index contributed by atoms with van der Waals surface area (Å²) in [6.45, 7) is 1.54. The van der Waals surface area contributed by atoms with Gasteiger partial charge in [-0.3, -0.25) is 19.2 Å². The predicted octanol–water partition coefficient (Wildman–Crippen LogP) is 3.49. The van der Waals surface area contributed by atoms with Crippen molar-refractivity contribution >= 4 is 38.9 Å². The maximum absolute atomic E-state index is 12.8. The van der Waals surface area contributed by atoms with E-state index in [1.807, 2.05) is 4.90 Å². The first-order chi connectivity index (χ1) is 13.7. The number of carbonyl (C=O) groups is 2. The Morgan fingerprint density at radius 1 is 1.07 bits per heavy atom. The molecule has 0 saturated carbocycles. The normalized spacial score (nSPS) is 17.7. The van der Waals surface area contributed by atoms with Crippen LogP contribution in [0.2, 0.25) is 5.02 Å². The van der Waals surface area contributed by atoms with Crippen molar-refractivity contribution in [3.05, 3.63) is 64.7 Å². The van der Waals surface area contributed by atoms with Crippen molar-refractivity contribution < 1.29 is 18.0 Å². The van der Waals surface area contributed by atoms with E-state index in [0.29, 0.717) is 28.4 Å². The van der Waals surface area contributed by atoms with Crippen molar-refractivity contribution in [2.24, 2.45) is 5.92 Å². The lowest BCUT2D eigenvalue weighted by molar-refractivity contribution is 0.0767. The van der Waals surface area contributed by atoms with E-state index >= 15 is 0 Å². The number of ketones is 2. The zero-order valence-corrected chi connectivity index (χ0v) is 17.7. The highest BCUT2D eigenvalue weighted by atomic mass is 35.5. The van der Waals surface area contributed by atoms with Gasteiger partial charge >= 0.3 is 0 Å². The van der Waals surface area contributed by atoms with Gasteiger partial charge in [0, 0.05) is 34.3 Å². The van der Waals surface area contributed by atoms with Crippen LogP contribution in [0.15, 0.2) is 48.5 Å².